The minimum Gasteiger partial charge on any atom is -0.398 e. The molecule has 0 amide bonds. The van der Waals surface area contributed by atoms with Gasteiger partial charge in [-0.15, -0.1) is 0 Å². The lowest BCUT2D eigenvalue weighted by atomic mass is 10.1. The molecule has 0 aliphatic heterocycles. The first-order chi connectivity index (χ1) is 13.4. The number of anilines is 3. The van der Waals surface area contributed by atoms with E-state index in [4.69, 9.17) is 5.73 Å². The minimum absolute atomic E-state index is 0.0330. The summed E-state index contributed by atoms with van der Waals surface area (Å²) in [4.78, 5) is 13.5. The second-order valence-corrected chi connectivity index (χ2v) is 6.97. The number of nitrogens with two attached hydrogens (primary N) is 1. The molecule has 3 rings (SSSR count). The quantitative estimate of drug-likeness (QED) is 0.439. The van der Waals surface area contributed by atoms with Gasteiger partial charge < -0.3 is 26.0 Å². The Morgan fingerprint density at radius 3 is 2.75 bits per heavy atom. The zero-order chi connectivity index (χ0) is 20.3. The van der Waals surface area contributed by atoms with Gasteiger partial charge in [-0.2, -0.15) is 9.97 Å². The highest BCUT2D eigenvalue weighted by atomic mass is 19.1. The number of fused-ring (bicyclic) bond motifs is 1. The summed E-state index contributed by atoms with van der Waals surface area (Å²) in [5, 5.41) is 16.0. The molecule has 8 nitrogen and oxygen atoms in total. The Morgan fingerprint density at radius 1 is 1.29 bits per heavy atom. The molecule has 0 spiro atoms. The van der Waals surface area contributed by atoms with Crippen LogP contribution in [0.3, 0.4) is 0 Å². The van der Waals surface area contributed by atoms with Crippen molar-refractivity contribution in [2.24, 2.45) is 5.92 Å². The SMILES string of the molecule is CCn1cnc2c(NCc3cc(F)ccc3N)nc(NC(CO)C(C)C)nc21. The van der Waals surface area contributed by atoms with E-state index in [-0.39, 0.29) is 24.4 Å². The van der Waals surface area contributed by atoms with Crippen molar-refractivity contribution in [3.05, 3.63) is 35.9 Å². The molecule has 2 heterocycles. The van der Waals surface area contributed by atoms with Crippen molar-refractivity contribution >= 4 is 28.6 Å². The van der Waals surface area contributed by atoms with Crippen LogP contribution >= 0.6 is 0 Å². The van der Waals surface area contributed by atoms with Crippen molar-refractivity contribution in [2.75, 3.05) is 23.0 Å². The molecule has 0 saturated heterocycles. The molecule has 5 N–H and O–H groups in total. The minimum atomic E-state index is -0.348. The molecule has 150 valence electrons. The first kappa shape index (κ1) is 19.8. The Bertz CT molecular complexity index is 957. The Labute approximate surface area is 163 Å². The topological polar surface area (TPSA) is 114 Å². The fraction of sp³-hybridized carbons (Fsp3) is 0.421. The Balaban J connectivity index is 1.95. The van der Waals surface area contributed by atoms with E-state index >= 15 is 0 Å². The number of aliphatic hydroxyl groups excluding tert-OH is 1. The maximum atomic E-state index is 13.5. The molecule has 28 heavy (non-hydrogen) atoms. The average Bonchev–Trinajstić information content (AvgIpc) is 3.09. The molecule has 3 aromatic rings. The number of hydrogen-bond donors (Lipinski definition) is 4. The molecular formula is C19H26FN7O. The van der Waals surface area contributed by atoms with Crippen LogP contribution in [0, 0.1) is 11.7 Å². The van der Waals surface area contributed by atoms with Gasteiger partial charge in [-0.3, -0.25) is 0 Å². The Kier molecular flexibility index (Phi) is 5.93. The predicted molar refractivity (Wildman–Crippen MR) is 108 cm³/mol. The van der Waals surface area contributed by atoms with E-state index in [2.05, 4.69) is 25.6 Å². The van der Waals surface area contributed by atoms with Crippen LogP contribution < -0.4 is 16.4 Å². The van der Waals surface area contributed by atoms with Crippen molar-refractivity contribution < 1.29 is 9.50 Å². The van der Waals surface area contributed by atoms with Crippen LogP contribution in [0.4, 0.5) is 21.8 Å². The number of aryl methyl sites for hydroxylation is 1. The number of imidazole rings is 1. The van der Waals surface area contributed by atoms with E-state index in [1.54, 1.807) is 6.33 Å². The number of benzene rings is 1. The number of rotatable bonds is 8. The van der Waals surface area contributed by atoms with Crippen molar-refractivity contribution in [2.45, 2.75) is 39.9 Å². The fourth-order valence-electron chi connectivity index (χ4n) is 2.86. The second-order valence-electron chi connectivity index (χ2n) is 6.97. The van der Waals surface area contributed by atoms with Gasteiger partial charge in [0, 0.05) is 18.8 Å². The van der Waals surface area contributed by atoms with Crippen molar-refractivity contribution in [1.29, 1.82) is 0 Å². The largest absolute Gasteiger partial charge is 0.398 e. The van der Waals surface area contributed by atoms with Crippen LogP contribution in [0.1, 0.15) is 26.3 Å². The summed E-state index contributed by atoms with van der Waals surface area (Å²) in [6.07, 6.45) is 1.71. The van der Waals surface area contributed by atoms with Gasteiger partial charge in [-0.05, 0) is 36.6 Å². The van der Waals surface area contributed by atoms with E-state index in [9.17, 15) is 9.50 Å². The number of nitrogens with one attached hydrogen (secondary N) is 2. The van der Waals surface area contributed by atoms with Crippen LogP contribution in [0.2, 0.25) is 0 Å². The molecular weight excluding hydrogens is 361 g/mol. The van der Waals surface area contributed by atoms with Crippen LogP contribution in [-0.4, -0.2) is 37.3 Å². The van der Waals surface area contributed by atoms with Crippen molar-refractivity contribution in [1.82, 2.24) is 19.5 Å². The third-order valence-electron chi connectivity index (χ3n) is 4.67. The normalized spacial score (nSPS) is 12.5. The molecule has 1 unspecified atom stereocenters. The van der Waals surface area contributed by atoms with Gasteiger partial charge in [-0.1, -0.05) is 13.8 Å². The lowest BCUT2D eigenvalue weighted by molar-refractivity contribution is 0.248. The van der Waals surface area contributed by atoms with Gasteiger partial charge in [0.05, 0.1) is 19.0 Å². The van der Waals surface area contributed by atoms with Gasteiger partial charge in [0.15, 0.2) is 17.0 Å². The summed E-state index contributed by atoms with van der Waals surface area (Å²) in [5.74, 6) is 0.761. The third kappa shape index (κ3) is 4.14. The number of halogens is 1. The van der Waals surface area contributed by atoms with Gasteiger partial charge in [0.25, 0.3) is 0 Å². The molecule has 9 heteroatoms. The van der Waals surface area contributed by atoms with Gasteiger partial charge in [0.1, 0.15) is 5.82 Å². The Hall–Kier alpha value is -2.94. The first-order valence-corrected chi connectivity index (χ1v) is 9.31. The summed E-state index contributed by atoms with van der Waals surface area (Å²) in [5.41, 5.74) is 8.36. The van der Waals surface area contributed by atoms with Gasteiger partial charge >= 0.3 is 0 Å². The maximum absolute atomic E-state index is 13.5. The van der Waals surface area contributed by atoms with Crippen molar-refractivity contribution in [3.8, 4) is 0 Å². The second kappa shape index (κ2) is 8.39. The predicted octanol–water partition coefficient (Wildman–Crippen LogP) is 2.61. The van der Waals surface area contributed by atoms with E-state index in [0.29, 0.717) is 47.3 Å². The smallest absolute Gasteiger partial charge is 0.227 e. The maximum Gasteiger partial charge on any atom is 0.227 e. The average molecular weight is 387 g/mol. The summed E-state index contributed by atoms with van der Waals surface area (Å²) in [7, 11) is 0. The highest BCUT2D eigenvalue weighted by molar-refractivity contribution is 5.84. The number of aliphatic hydroxyl groups is 1. The summed E-state index contributed by atoms with van der Waals surface area (Å²) < 4.78 is 15.4. The lowest BCUT2D eigenvalue weighted by Gasteiger charge is -2.20. The third-order valence-corrected chi connectivity index (χ3v) is 4.67. The summed E-state index contributed by atoms with van der Waals surface area (Å²) >= 11 is 0. The lowest BCUT2D eigenvalue weighted by Crippen LogP contribution is -2.30. The molecule has 0 bridgehead atoms. The highest BCUT2D eigenvalue weighted by Gasteiger charge is 2.17. The van der Waals surface area contributed by atoms with Gasteiger partial charge in [0.2, 0.25) is 5.95 Å². The van der Waals surface area contributed by atoms with E-state index in [1.807, 2.05) is 25.3 Å². The Morgan fingerprint density at radius 2 is 2.07 bits per heavy atom. The summed E-state index contributed by atoms with van der Waals surface area (Å²) in [6.45, 7) is 6.98. The van der Waals surface area contributed by atoms with Crippen LogP contribution in [0.25, 0.3) is 11.2 Å². The monoisotopic (exact) mass is 387 g/mol. The van der Waals surface area contributed by atoms with E-state index in [0.717, 1.165) is 0 Å². The van der Waals surface area contributed by atoms with Crippen LogP contribution in [0.15, 0.2) is 24.5 Å². The zero-order valence-corrected chi connectivity index (χ0v) is 16.3. The molecule has 0 aliphatic carbocycles. The molecule has 1 atom stereocenters. The molecule has 0 fully saturated rings. The fourth-order valence-corrected chi connectivity index (χ4v) is 2.86. The van der Waals surface area contributed by atoms with E-state index in [1.165, 1.54) is 18.2 Å². The standard InChI is InChI=1S/C19H26FN7O/c1-4-27-10-23-16-17(22-8-12-7-13(20)5-6-14(12)21)25-19(26-18(16)27)24-15(9-28)11(2)3/h5-7,10-11,15,28H,4,8-9,21H2,1-3H3,(H2,22,24,25,26). The summed E-state index contributed by atoms with van der Waals surface area (Å²) in [6, 6.07) is 4.08. The van der Waals surface area contributed by atoms with Crippen molar-refractivity contribution in [3.63, 3.8) is 0 Å². The highest BCUT2D eigenvalue weighted by Crippen LogP contribution is 2.23. The van der Waals surface area contributed by atoms with Gasteiger partial charge in [-0.25, -0.2) is 9.37 Å². The number of nitrogens with zero attached hydrogens (tertiary/aromatic N) is 4. The molecule has 0 radical (unpaired) electrons. The zero-order valence-electron chi connectivity index (χ0n) is 16.3. The van der Waals surface area contributed by atoms with Crippen LogP contribution in [0.5, 0.6) is 0 Å². The van der Waals surface area contributed by atoms with E-state index < -0.39 is 0 Å². The first-order valence-electron chi connectivity index (χ1n) is 9.31. The molecule has 0 aliphatic rings. The van der Waals surface area contributed by atoms with Crippen LogP contribution in [-0.2, 0) is 13.1 Å². The molecule has 0 saturated carbocycles. The number of aromatic nitrogens is 4. The number of nitrogen functional groups attached to an aromatic ring is 1. The number of hydrogen-bond acceptors (Lipinski definition) is 7. The molecule has 2 aromatic heterocycles. The molecule has 1 aromatic carbocycles.